The molecule has 0 fully saturated rings. The van der Waals surface area contributed by atoms with Gasteiger partial charge in [0.1, 0.15) is 0 Å². The minimum absolute atomic E-state index is 0.0789. The monoisotopic (exact) mass is 334 g/mol. The molecule has 0 spiro atoms. The lowest BCUT2D eigenvalue weighted by Gasteiger charge is -2.08. The molecule has 0 N–H and O–H groups in total. The third-order valence-electron chi connectivity index (χ3n) is 4.14. The van der Waals surface area contributed by atoms with Crippen molar-refractivity contribution in [1.29, 1.82) is 0 Å². The Morgan fingerprint density at radius 1 is 0.880 bits per heavy atom. The van der Waals surface area contributed by atoms with E-state index in [1.54, 1.807) is 12.2 Å². The van der Waals surface area contributed by atoms with E-state index in [4.69, 9.17) is 4.74 Å². The predicted molar refractivity (Wildman–Crippen MR) is 105 cm³/mol. The van der Waals surface area contributed by atoms with Gasteiger partial charge in [0, 0.05) is 18.6 Å². The summed E-state index contributed by atoms with van der Waals surface area (Å²) in [5, 5.41) is 0. The maximum absolute atomic E-state index is 12.3. The van der Waals surface area contributed by atoms with Crippen molar-refractivity contribution in [2.75, 3.05) is 6.61 Å². The van der Waals surface area contributed by atoms with Crippen LogP contribution in [-0.4, -0.2) is 18.5 Å². The molecule has 2 nitrogen and oxygen atoms in total. The van der Waals surface area contributed by atoms with Crippen molar-refractivity contribution >= 4 is 5.78 Å². The Labute approximate surface area is 150 Å². The van der Waals surface area contributed by atoms with Gasteiger partial charge in [0.05, 0.1) is 6.10 Å². The smallest absolute Gasteiger partial charge is 0.162 e. The second kappa shape index (κ2) is 10.4. The highest BCUT2D eigenvalue weighted by atomic mass is 16.5. The summed E-state index contributed by atoms with van der Waals surface area (Å²) < 4.78 is 5.57. The van der Waals surface area contributed by atoms with Crippen LogP contribution in [0.4, 0.5) is 0 Å². The van der Waals surface area contributed by atoms with E-state index in [9.17, 15) is 4.79 Å². The summed E-state index contributed by atoms with van der Waals surface area (Å²) in [6, 6.07) is 18.1. The van der Waals surface area contributed by atoms with Crippen molar-refractivity contribution in [3.8, 4) is 11.1 Å². The first-order valence-electron chi connectivity index (χ1n) is 8.80. The molecule has 0 radical (unpaired) electrons. The third-order valence-corrected chi connectivity index (χ3v) is 4.14. The molecule has 2 aromatic carbocycles. The molecule has 0 aliphatic carbocycles. The second-order valence-electron chi connectivity index (χ2n) is 5.98. The Kier molecular flexibility index (Phi) is 7.87. The van der Waals surface area contributed by atoms with Crippen molar-refractivity contribution < 1.29 is 9.53 Å². The maximum atomic E-state index is 12.3. The Bertz CT molecular complexity index is 663. The zero-order chi connectivity index (χ0) is 17.9. The molecule has 0 bridgehead atoms. The van der Waals surface area contributed by atoms with Crippen molar-refractivity contribution in [2.24, 2.45) is 0 Å². The number of benzene rings is 2. The van der Waals surface area contributed by atoms with Crippen LogP contribution in [0.1, 0.15) is 36.0 Å². The van der Waals surface area contributed by atoms with Crippen molar-refractivity contribution in [1.82, 2.24) is 0 Å². The standard InChI is InChI=1S/C23H26O2/c1-3-22(4-2)25-18-10-6-9-13-23(24)21-16-14-20(15-17-21)19-11-7-5-8-12-19/h3-5,7-8,11-12,14-17,22H,1-2,6,9-10,13,18H2. The number of Topliss-reactive ketones (excluding diaryl/α,β-unsaturated/α-hetero) is 1. The highest BCUT2D eigenvalue weighted by Gasteiger charge is 2.06. The van der Waals surface area contributed by atoms with Gasteiger partial charge in [-0.25, -0.2) is 0 Å². The predicted octanol–water partition coefficient (Wildman–Crippen LogP) is 5.85. The molecule has 0 saturated carbocycles. The van der Waals surface area contributed by atoms with Crippen molar-refractivity contribution in [2.45, 2.75) is 31.8 Å². The quantitative estimate of drug-likeness (QED) is 0.292. The fraction of sp³-hybridized carbons (Fsp3) is 0.261. The van der Waals surface area contributed by atoms with Crippen LogP contribution in [0.2, 0.25) is 0 Å². The molecule has 130 valence electrons. The minimum Gasteiger partial charge on any atom is -0.370 e. The summed E-state index contributed by atoms with van der Waals surface area (Å²) in [7, 11) is 0. The first-order valence-corrected chi connectivity index (χ1v) is 8.80. The molecule has 0 aromatic heterocycles. The number of ether oxygens (including phenoxy) is 1. The molecule has 0 amide bonds. The van der Waals surface area contributed by atoms with Crippen LogP contribution in [0, 0.1) is 0 Å². The molecule has 0 aliphatic heterocycles. The summed E-state index contributed by atoms with van der Waals surface area (Å²) in [6.07, 6.45) is 6.77. The lowest BCUT2D eigenvalue weighted by molar-refractivity contribution is 0.0968. The summed E-state index contributed by atoms with van der Waals surface area (Å²) in [5.74, 6) is 0.204. The van der Waals surface area contributed by atoms with Gasteiger partial charge in [0.2, 0.25) is 0 Å². The zero-order valence-corrected chi connectivity index (χ0v) is 14.7. The van der Waals surface area contributed by atoms with Crippen molar-refractivity contribution in [3.05, 3.63) is 85.5 Å². The van der Waals surface area contributed by atoms with Gasteiger partial charge in [-0.15, -0.1) is 13.2 Å². The van der Waals surface area contributed by atoms with E-state index in [0.717, 1.165) is 30.4 Å². The Morgan fingerprint density at radius 2 is 1.52 bits per heavy atom. The van der Waals surface area contributed by atoms with Crippen LogP contribution in [0.5, 0.6) is 0 Å². The fourth-order valence-electron chi connectivity index (χ4n) is 2.64. The Balaban J connectivity index is 1.72. The first-order chi connectivity index (χ1) is 12.2. The van der Waals surface area contributed by atoms with Gasteiger partial charge in [0.15, 0.2) is 5.78 Å². The highest BCUT2D eigenvalue weighted by Crippen LogP contribution is 2.20. The summed E-state index contributed by atoms with van der Waals surface area (Å²) in [5.41, 5.74) is 3.08. The number of hydrogen-bond acceptors (Lipinski definition) is 2. The average molecular weight is 334 g/mol. The lowest BCUT2D eigenvalue weighted by atomic mass is 10.0. The van der Waals surface area contributed by atoms with Crippen LogP contribution in [0.3, 0.4) is 0 Å². The number of rotatable bonds is 11. The topological polar surface area (TPSA) is 26.3 Å². The second-order valence-corrected chi connectivity index (χ2v) is 5.98. The molecule has 2 rings (SSSR count). The highest BCUT2D eigenvalue weighted by molar-refractivity contribution is 5.96. The molecule has 0 aliphatic rings. The summed E-state index contributed by atoms with van der Waals surface area (Å²) in [6.45, 7) is 8.05. The van der Waals surface area contributed by atoms with E-state index < -0.39 is 0 Å². The van der Waals surface area contributed by atoms with Crippen LogP contribution >= 0.6 is 0 Å². The maximum Gasteiger partial charge on any atom is 0.162 e. The molecule has 0 saturated heterocycles. The number of carbonyl (C=O) groups excluding carboxylic acids is 1. The van der Waals surface area contributed by atoms with Gasteiger partial charge < -0.3 is 4.74 Å². The third kappa shape index (κ3) is 6.17. The van der Waals surface area contributed by atoms with E-state index in [0.29, 0.717) is 13.0 Å². The van der Waals surface area contributed by atoms with Crippen LogP contribution in [-0.2, 0) is 4.74 Å². The number of ketones is 1. The van der Waals surface area contributed by atoms with E-state index in [-0.39, 0.29) is 11.9 Å². The number of carbonyl (C=O) groups is 1. The Hall–Kier alpha value is -2.45. The molecular weight excluding hydrogens is 308 g/mol. The van der Waals surface area contributed by atoms with E-state index >= 15 is 0 Å². The minimum atomic E-state index is -0.0789. The van der Waals surface area contributed by atoms with Gasteiger partial charge >= 0.3 is 0 Å². The van der Waals surface area contributed by atoms with Crippen LogP contribution in [0.25, 0.3) is 11.1 Å². The van der Waals surface area contributed by atoms with Crippen LogP contribution in [0.15, 0.2) is 79.9 Å². The average Bonchev–Trinajstić information content (AvgIpc) is 2.68. The molecule has 0 heterocycles. The van der Waals surface area contributed by atoms with Gasteiger partial charge in [-0.3, -0.25) is 4.79 Å². The van der Waals surface area contributed by atoms with Gasteiger partial charge in [-0.05, 0) is 24.0 Å². The Morgan fingerprint density at radius 3 is 2.16 bits per heavy atom. The summed E-state index contributed by atoms with van der Waals surface area (Å²) >= 11 is 0. The van der Waals surface area contributed by atoms with Crippen LogP contribution < -0.4 is 0 Å². The first kappa shape index (κ1) is 18.9. The molecule has 25 heavy (non-hydrogen) atoms. The fourth-order valence-corrected chi connectivity index (χ4v) is 2.64. The van der Waals surface area contributed by atoms with Gasteiger partial charge in [0.25, 0.3) is 0 Å². The SMILES string of the molecule is C=CC(C=C)OCCCCCC(=O)c1ccc(-c2ccccc2)cc1. The van der Waals surface area contributed by atoms with Crippen molar-refractivity contribution in [3.63, 3.8) is 0 Å². The molecule has 0 atom stereocenters. The lowest BCUT2D eigenvalue weighted by Crippen LogP contribution is -2.07. The number of hydrogen-bond donors (Lipinski definition) is 0. The zero-order valence-electron chi connectivity index (χ0n) is 14.7. The summed E-state index contributed by atoms with van der Waals surface area (Å²) in [4.78, 5) is 12.3. The van der Waals surface area contributed by atoms with E-state index in [1.807, 2.05) is 42.5 Å². The normalized spacial score (nSPS) is 10.6. The van der Waals surface area contributed by atoms with Gasteiger partial charge in [-0.1, -0.05) is 73.2 Å². The van der Waals surface area contributed by atoms with E-state index in [2.05, 4.69) is 25.3 Å². The van der Waals surface area contributed by atoms with E-state index in [1.165, 1.54) is 5.56 Å². The largest absolute Gasteiger partial charge is 0.370 e. The molecule has 2 aromatic rings. The molecule has 0 unspecified atom stereocenters. The number of unbranched alkanes of at least 4 members (excludes halogenated alkanes) is 2. The molecule has 2 heteroatoms. The van der Waals surface area contributed by atoms with Gasteiger partial charge in [-0.2, -0.15) is 0 Å². The molecular formula is C23H26O2.